The topological polar surface area (TPSA) is 69.7 Å². The minimum atomic E-state index is -3.73. The predicted molar refractivity (Wildman–Crippen MR) is 112 cm³/mol. The monoisotopic (exact) mass is 421 g/mol. The fraction of sp³-hybridized carbons (Fsp3) is 0.350. The second kappa shape index (κ2) is 8.61. The lowest BCUT2D eigenvalue weighted by molar-refractivity contribution is -0.116. The summed E-state index contributed by atoms with van der Waals surface area (Å²) in [5, 5.41) is 3.31. The van der Waals surface area contributed by atoms with Crippen molar-refractivity contribution >= 4 is 33.4 Å². The summed E-state index contributed by atoms with van der Waals surface area (Å²) in [7, 11) is -3.73. The smallest absolute Gasteiger partial charge is 0.282 e. The molecule has 0 spiro atoms. The summed E-state index contributed by atoms with van der Waals surface area (Å²) in [6.07, 6.45) is 0.653. The number of hydrogen-bond acceptors (Lipinski definition) is 3. The van der Waals surface area contributed by atoms with Crippen LogP contribution in [0.5, 0.6) is 0 Å². The Bertz CT molecular complexity index is 978. The highest BCUT2D eigenvalue weighted by molar-refractivity contribution is 7.86. The van der Waals surface area contributed by atoms with Crippen molar-refractivity contribution < 1.29 is 13.2 Å². The Labute approximate surface area is 171 Å². The number of hydrogen-bond donors (Lipinski definition) is 1. The molecule has 2 aromatic rings. The highest BCUT2D eigenvalue weighted by Gasteiger charge is 2.34. The van der Waals surface area contributed by atoms with Gasteiger partial charge in [0.25, 0.3) is 10.2 Å². The third-order valence-corrected chi connectivity index (χ3v) is 7.18. The van der Waals surface area contributed by atoms with E-state index in [0.29, 0.717) is 30.2 Å². The van der Waals surface area contributed by atoms with E-state index in [4.69, 9.17) is 11.6 Å². The molecule has 6 nitrogen and oxygen atoms in total. The maximum Gasteiger partial charge on any atom is 0.282 e. The molecule has 1 aliphatic heterocycles. The molecule has 1 N–H and O–H groups in total. The molecule has 0 saturated carbocycles. The van der Waals surface area contributed by atoms with Crippen LogP contribution < -0.4 is 5.32 Å². The average Bonchev–Trinajstić information content (AvgIpc) is 2.63. The number of carbonyl (C=O) groups is 1. The van der Waals surface area contributed by atoms with Crippen LogP contribution in [-0.4, -0.2) is 42.6 Å². The van der Waals surface area contributed by atoms with Crippen LogP contribution in [0.2, 0.25) is 5.02 Å². The molecule has 0 atom stereocenters. The van der Waals surface area contributed by atoms with Crippen molar-refractivity contribution in [3.8, 4) is 0 Å². The molecular formula is C20H24ClN3O3S. The Morgan fingerprint density at radius 1 is 1.07 bits per heavy atom. The van der Waals surface area contributed by atoms with Crippen molar-refractivity contribution in [1.82, 2.24) is 8.61 Å². The maximum atomic E-state index is 12.9. The first-order valence-corrected chi connectivity index (χ1v) is 10.9. The van der Waals surface area contributed by atoms with Crippen LogP contribution >= 0.6 is 11.6 Å². The van der Waals surface area contributed by atoms with Gasteiger partial charge in [-0.25, -0.2) is 0 Å². The van der Waals surface area contributed by atoms with E-state index in [0.717, 1.165) is 16.7 Å². The van der Waals surface area contributed by atoms with Crippen LogP contribution in [0.3, 0.4) is 0 Å². The summed E-state index contributed by atoms with van der Waals surface area (Å²) in [5.74, 6) is -0.355. The average molecular weight is 422 g/mol. The lowest BCUT2D eigenvalue weighted by atomic mass is 10.1. The number of nitrogens with zero attached hydrogens (tertiary/aromatic N) is 2. The summed E-state index contributed by atoms with van der Waals surface area (Å²) in [6, 6.07) is 12.8. The Balaban J connectivity index is 1.68. The molecule has 1 amide bonds. The molecule has 0 aromatic heterocycles. The van der Waals surface area contributed by atoms with E-state index in [1.54, 1.807) is 12.1 Å². The zero-order valence-corrected chi connectivity index (χ0v) is 17.6. The van der Waals surface area contributed by atoms with Gasteiger partial charge in [0, 0.05) is 30.3 Å². The fourth-order valence-electron chi connectivity index (χ4n) is 3.14. The van der Waals surface area contributed by atoms with Crippen LogP contribution in [0.4, 0.5) is 5.69 Å². The Morgan fingerprint density at radius 2 is 1.79 bits per heavy atom. The van der Waals surface area contributed by atoms with E-state index < -0.39 is 10.2 Å². The van der Waals surface area contributed by atoms with Gasteiger partial charge in [0.05, 0.1) is 6.54 Å². The first-order chi connectivity index (χ1) is 13.3. The largest absolute Gasteiger partial charge is 0.325 e. The Hall–Kier alpha value is -1.93. The van der Waals surface area contributed by atoms with Gasteiger partial charge < -0.3 is 5.32 Å². The molecule has 0 bridgehead atoms. The molecule has 0 unspecified atom stereocenters. The highest BCUT2D eigenvalue weighted by atomic mass is 35.5. The number of rotatable bonds is 5. The lowest BCUT2D eigenvalue weighted by Crippen LogP contribution is -2.51. The molecule has 1 fully saturated rings. The Kier molecular flexibility index (Phi) is 6.40. The summed E-state index contributed by atoms with van der Waals surface area (Å²) < 4.78 is 28.5. The van der Waals surface area contributed by atoms with Gasteiger partial charge in [-0.1, -0.05) is 35.9 Å². The molecule has 28 heavy (non-hydrogen) atoms. The number of halogens is 1. The molecule has 1 aliphatic rings. The quantitative estimate of drug-likeness (QED) is 0.804. The molecule has 8 heteroatoms. The van der Waals surface area contributed by atoms with Crippen molar-refractivity contribution in [2.45, 2.75) is 26.8 Å². The summed E-state index contributed by atoms with van der Waals surface area (Å²) in [5.41, 5.74) is 3.60. The van der Waals surface area contributed by atoms with Crippen LogP contribution in [0.1, 0.15) is 23.1 Å². The zero-order chi connectivity index (χ0) is 20.3. The molecule has 3 rings (SSSR count). The normalized spacial score (nSPS) is 17.4. The molecule has 0 aliphatic carbocycles. The number of carbonyl (C=O) groups excluding carboxylic acids is 1. The van der Waals surface area contributed by atoms with Gasteiger partial charge in [0.1, 0.15) is 0 Å². The van der Waals surface area contributed by atoms with Gasteiger partial charge in [0.2, 0.25) is 5.91 Å². The molecule has 150 valence electrons. The summed E-state index contributed by atoms with van der Waals surface area (Å²) in [4.78, 5) is 12.4. The number of amides is 1. The zero-order valence-electron chi connectivity index (χ0n) is 16.0. The molecule has 0 radical (unpaired) electrons. The van der Waals surface area contributed by atoms with Gasteiger partial charge in [-0.2, -0.15) is 17.0 Å². The number of benzene rings is 2. The van der Waals surface area contributed by atoms with Gasteiger partial charge in [-0.15, -0.1) is 0 Å². The minimum absolute atomic E-state index is 0.192. The van der Waals surface area contributed by atoms with E-state index in [1.807, 2.05) is 44.2 Å². The number of nitrogens with one attached hydrogen (secondary N) is 1. The van der Waals surface area contributed by atoms with E-state index in [9.17, 15) is 13.2 Å². The van der Waals surface area contributed by atoms with Crippen LogP contribution in [0, 0.1) is 13.8 Å². The van der Waals surface area contributed by atoms with Gasteiger partial charge in [-0.05, 0) is 55.2 Å². The molecule has 2 aromatic carbocycles. The van der Waals surface area contributed by atoms with Gasteiger partial charge in [0.15, 0.2) is 0 Å². The second-order valence-corrected chi connectivity index (χ2v) is 9.30. The number of anilines is 1. The molecular weight excluding hydrogens is 398 g/mol. The second-order valence-electron chi connectivity index (χ2n) is 6.97. The van der Waals surface area contributed by atoms with Crippen molar-refractivity contribution in [2.75, 3.05) is 25.0 Å². The fourth-order valence-corrected chi connectivity index (χ4v) is 4.96. The Morgan fingerprint density at radius 3 is 2.50 bits per heavy atom. The summed E-state index contributed by atoms with van der Waals surface area (Å²) in [6.45, 7) is 4.66. The predicted octanol–water partition coefficient (Wildman–Crippen LogP) is 3.35. The van der Waals surface area contributed by atoms with E-state index >= 15 is 0 Å². The lowest BCUT2D eigenvalue weighted by Gasteiger charge is -2.34. The first kappa shape index (κ1) is 20.8. The third kappa shape index (κ3) is 4.72. The number of aryl methyl sites for hydroxylation is 2. The van der Waals surface area contributed by atoms with E-state index in [2.05, 4.69) is 5.32 Å². The van der Waals surface area contributed by atoms with E-state index in [1.165, 1.54) is 8.61 Å². The van der Waals surface area contributed by atoms with Crippen molar-refractivity contribution in [1.29, 1.82) is 0 Å². The van der Waals surface area contributed by atoms with Crippen molar-refractivity contribution in [3.05, 3.63) is 64.2 Å². The molecule has 1 heterocycles. The van der Waals surface area contributed by atoms with Gasteiger partial charge >= 0.3 is 0 Å². The summed E-state index contributed by atoms with van der Waals surface area (Å²) >= 11 is 6.17. The highest BCUT2D eigenvalue weighted by Crippen LogP contribution is 2.23. The van der Waals surface area contributed by atoms with Crippen LogP contribution in [0.25, 0.3) is 0 Å². The standard InChI is InChI=1S/C20H24ClN3O3S/c1-15-8-9-18(12-16(15)2)22-20(25)14-24-11-5-10-23(28(24,26)27)13-17-6-3-4-7-19(17)21/h3-4,6-9,12H,5,10-11,13-14H2,1-2H3,(H,22,25). The van der Waals surface area contributed by atoms with Crippen molar-refractivity contribution in [3.63, 3.8) is 0 Å². The van der Waals surface area contributed by atoms with Gasteiger partial charge in [-0.3, -0.25) is 4.79 Å². The van der Waals surface area contributed by atoms with Crippen LogP contribution in [0.15, 0.2) is 42.5 Å². The van der Waals surface area contributed by atoms with Crippen molar-refractivity contribution in [2.24, 2.45) is 0 Å². The maximum absolute atomic E-state index is 12.9. The first-order valence-electron chi connectivity index (χ1n) is 9.13. The SMILES string of the molecule is Cc1ccc(NC(=O)CN2CCCN(Cc3ccccc3Cl)S2(=O)=O)cc1C. The molecule has 1 saturated heterocycles. The minimum Gasteiger partial charge on any atom is -0.325 e. The van der Waals surface area contributed by atoms with E-state index in [-0.39, 0.29) is 19.0 Å². The van der Waals surface area contributed by atoms with Crippen LogP contribution in [-0.2, 0) is 21.5 Å². The third-order valence-electron chi connectivity index (χ3n) is 4.88.